The van der Waals surface area contributed by atoms with E-state index in [0.717, 1.165) is 28.5 Å². The molecule has 2 aromatic carbocycles. The van der Waals surface area contributed by atoms with E-state index in [2.05, 4.69) is 4.99 Å². The van der Waals surface area contributed by atoms with Crippen LogP contribution in [0.1, 0.15) is 40.8 Å². The van der Waals surface area contributed by atoms with Crippen molar-refractivity contribution in [3.8, 4) is 11.9 Å². The Morgan fingerprint density at radius 2 is 1.84 bits per heavy atom. The van der Waals surface area contributed by atoms with Crippen LogP contribution in [0.3, 0.4) is 0 Å². The summed E-state index contributed by atoms with van der Waals surface area (Å²) in [7, 11) is 0. The summed E-state index contributed by atoms with van der Waals surface area (Å²) in [5.41, 5.74) is -0.678. The maximum atomic E-state index is 12.9. The van der Waals surface area contributed by atoms with E-state index in [0.29, 0.717) is 0 Å². The topological polar surface area (TPSA) is 78.4 Å². The standard InChI is InChI=1S/C23H18F3N3O2/c1-14-19(12-27)21(30)29(15(2)16-7-4-3-5-8-16)22(31)20(14)13-28-18-10-6-9-17(11-18)23(24,25)26/h3-11,13,15,31H,1-2H3. The first-order valence-corrected chi connectivity index (χ1v) is 9.29. The van der Waals surface area contributed by atoms with Crippen molar-refractivity contribution in [2.45, 2.75) is 26.1 Å². The Balaban J connectivity index is 2.15. The quantitative estimate of drug-likeness (QED) is 0.590. The lowest BCUT2D eigenvalue weighted by Crippen LogP contribution is -2.28. The van der Waals surface area contributed by atoms with Crippen molar-refractivity contribution in [1.29, 1.82) is 5.26 Å². The van der Waals surface area contributed by atoms with E-state index in [-0.39, 0.29) is 22.4 Å². The molecule has 1 aromatic heterocycles. The van der Waals surface area contributed by atoms with E-state index in [4.69, 9.17) is 0 Å². The molecule has 1 N–H and O–H groups in total. The minimum absolute atomic E-state index is 0.0148. The second-order valence-electron chi connectivity index (χ2n) is 6.92. The Morgan fingerprint density at radius 1 is 1.16 bits per heavy atom. The van der Waals surface area contributed by atoms with Gasteiger partial charge in [-0.1, -0.05) is 36.4 Å². The highest BCUT2D eigenvalue weighted by Crippen LogP contribution is 2.32. The molecule has 3 aromatic rings. The molecule has 31 heavy (non-hydrogen) atoms. The minimum Gasteiger partial charge on any atom is -0.494 e. The first-order chi connectivity index (χ1) is 14.6. The molecule has 1 unspecified atom stereocenters. The van der Waals surface area contributed by atoms with Crippen LogP contribution in [0.5, 0.6) is 5.88 Å². The zero-order valence-electron chi connectivity index (χ0n) is 16.7. The molecule has 1 atom stereocenters. The third-order valence-corrected chi connectivity index (χ3v) is 4.98. The average molecular weight is 425 g/mol. The van der Waals surface area contributed by atoms with Gasteiger partial charge < -0.3 is 5.11 Å². The molecule has 0 aliphatic rings. The van der Waals surface area contributed by atoms with Crippen LogP contribution in [-0.4, -0.2) is 15.9 Å². The summed E-state index contributed by atoms with van der Waals surface area (Å²) in [6, 6.07) is 14.6. The Bertz CT molecular complexity index is 1240. The highest BCUT2D eigenvalue weighted by atomic mass is 19.4. The first kappa shape index (κ1) is 21.8. The summed E-state index contributed by atoms with van der Waals surface area (Å²) in [6.45, 7) is 3.17. The van der Waals surface area contributed by atoms with Crippen molar-refractivity contribution in [2.75, 3.05) is 0 Å². The largest absolute Gasteiger partial charge is 0.494 e. The minimum atomic E-state index is -4.52. The molecule has 1 heterocycles. The summed E-state index contributed by atoms with van der Waals surface area (Å²) in [5.74, 6) is -0.423. The van der Waals surface area contributed by atoms with Crippen molar-refractivity contribution in [2.24, 2.45) is 4.99 Å². The van der Waals surface area contributed by atoms with E-state index in [1.807, 2.05) is 12.1 Å². The van der Waals surface area contributed by atoms with Gasteiger partial charge in [0.05, 0.1) is 22.9 Å². The van der Waals surface area contributed by atoms with Crippen molar-refractivity contribution in [1.82, 2.24) is 4.57 Å². The third-order valence-electron chi connectivity index (χ3n) is 4.98. The number of pyridine rings is 1. The summed E-state index contributed by atoms with van der Waals surface area (Å²) in [4.78, 5) is 16.9. The van der Waals surface area contributed by atoms with E-state index in [1.54, 1.807) is 31.2 Å². The normalized spacial score (nSPS) is 12.6. The van der Waals surface area contributed by atoms with Gasteiger partial charge >= 0.3 is 6.18 Å². The molecule has 0 saturated heterocycles. The molecule has 0 fully saturated rings. The number of benzene rings is 2. The number of alkyl halides is 3. The van der Waals surface area contributed by atoms with Gasteiger partial charge in [-0.3, -0.25) is 14.4 Å². The number of hydrogen-bond donors (Lipinski definition) is 1. The fourth-order valence-corrected chi connectivity index (χ4v) is 3.24. The number of nitrogens with zero attached hydrogens (tertiary/aromatic N) is 3. The van der Waals surface area contributed by atoms with Gasteiger partial charge in [0.1, 0.15) is 11.6 Å². The Hall–Kier alpha value is -3.86. The lowest BCUT2D eigenvalue weighted by atomic mass is 10.0. The molecular weight excluding hydrogens is 407 g/mol. The molecule has 8 heteroatoms. The maximum absolute atomic E-state index is 12.9. The molecule has 0 amide bonds. The number of nitriles is 1. The molecule has 0 aliphatic carbocycles. The summed E-state index contributed by atoms with van der Waals surface area (Å²) < 4.78 is 39.9. The van der Waals surface area contributed by atoms with Crippen LogP contribution in [0.2, 0.25) is 0 Å². The van der Waals surface area contributed by atoms with E-state index < -0.39 is 29.2 Å². The van der Waals surface area contributed by atoms with Crippen LogP contribution >= 0.6 is 0 Å². The van der Waals surface area contributed by atoms with Gasteiger partial charge in [-0.15, -0.1) is 0 Å². The summed E-state index contributed by atoms with van der Waals surface area (Å²) in [6.07, 6.45) is -3.36. The van der Waals surface area contributed by atoms with Crippen molar-refractivity contribution >= 4 is 11.9 Å². The van der Waals surface area contributed by atoms with Crippen LogP contribution in [0.15, 0.2) is 64.4 Å². The molecule has 0 spiro atoms. The van der Waals surface area contributed by atoms with Crippen molar-refractivity contribution < 1.29 is 18.3 Å². The fraction of sp³-hybridized carbons (Fsp3) is 0.174. The first-order valence-electron chi connectivity index (χ1n) is 9.29. The van der Waals surface area contributed by atoms with Crippen LogP contribution < -0.4 is 5.56 Å². The molecule has 0 saturated carbocycles. The van der Waals surface area contributed by atoms with Gasteiger partial charge in [0.2, 0.25) is 5.88 Å². The number of aromatic hydroxyl groups is 1. The van der Waals surface area contributed by atoms with Crippen molar-refractivity contribution in [3.63, 3.8) is 0 Å². The van der Waals surface area contributed by atoms with Crippen molar-refractivity contribution in [3.05, 3.63) is 92.8 Å². The Morgan fingerprint density at radius 3 is 2.45 bits per heavy atom. The second-order valence-corrected chi connectivity index (χ2v) is 6.92. The zero-order valence-corrected chi connectivity index (χ0v) is 16.7. The van der Waals surface area contributed by atoms with Crippen LogP contribution in [0, 0.1) is 18.3 Å². The molecule has 5 nitrogen and oxygen atoms in total. The number of aliphatic imine (C=N–C) groups is 1. The van der Waals surface area contributed by atoms with E-state index in [9.17, 15) is 28.3 Å². The average Bonchev–Trinajstić information content (AvgIpc) is 2.74. The maximum Gasteiger partial charge on any atom is 0.416 e. The number of halogens is 3. The predicted octanol–water partition coefficient (Wildman–Crippen LogP) is 5.11. The third kappa shape index (κ3) is 4.36. The van der Waals surface area contributed by atoms with Gasteiger partial charge in [-0.2, -0.15) is 18.4 Å². The lowest BCUT2D eigenvalue weighted by Gasteiger charge is -2.20. The number of hydrogen-bond acceptors (Lipinski definition) is 4. The Labute approximate surface area is 176 Å². The molecule has 158 valence electrons. The number of aromatic nitrogens is 1. The monoisotopic (exact) mass is 425 g/mol. The van der Waals surface area contributed by atoms with Crippen LogP contribution in [0.25, 0.3) is 0 Å². The predicted molar refractivity (Wildman–Crippen MR) is 111 cm³/mol. The smallest absolute Gasteiger partial charge is 0.416 e. The van der Waals surface area contributed by atoms with Gasteiger partial charge in [0, 0.05) is 6.21 Å². The SMILES string of the molecule is Cc1c(C=Nc2cccc(C(F)(F)F)c2)c(O)n(C(C)c2ccccc2)c(=O)c1C#N. The van der Waals surface area contributed by atoms with Gasteiger partial charge in [0.25, 0.3) is 5.56 Å². The second kappa shape index (κ2) is 8.48. The van der Waals surface area contributed by atoms with Crippen LogP contribution in [-0.2, 0) is 6.18 Å². The summed E-state index contributed by atoms with van der Waals surface area (Å²) >= 11 is 0. The molecule has 0 bridgehead atoms. The summed E-state index contributed by atoms with van der Waals surface area (Å²) in [5, 5.41) is 20.3. The molecular formula is C23H18F3N3O2. The molecule has 0 aliphatic heterocycles. The van der Waals surface area contributed by atoms with Gasteiger partial charge in [-0.05, 0) is 43.2 Å². The van der Waals surface area contributed by atoms with Crippen LogP contribution in [0.4, 0.5) is 18.9 Å². The highest BCUT2D eigenvalue weighted by molar-refractivity contribution is 5.87. The van der Waals surface area contributed by atoms with Gasteiger partial charge in [0.15, 0.2) is 0 Å². The Kier molecular flexibility index (Phi) is 5.97. The van der Waals surface area contributed by atoms with E-state index in [1.165, 1.54) is 19.1 Å². The number of rotatable bonds is 4. The zero-order chi connectivity index (χ0) is 22.8. The van der Waals surface area contributed by atoms with E-state index >= 15 is 0 Å². The molecule has 3 rings (SSSR count). The fourth-order valence-electron chi connectivity index (χ4n) is 3.24. The lowest BCUT2D eigenvalue weighted by molar-refractivity contribution is -0.137. The van der Waals surface area contributed by atoms with Gasteiger partial charge in [-0.25, -0.2) is 0 Å². The molecule has 0 radical (unpaired) electrons. The highest BCUT2D eigenvalue weighted by Gasteiger charge is 2.30.